The number of hydrogen-bond acceptors (Lipinski definition) is 2. The second kappa shape index (κ2) is 6.10. The molecule has 19 heavy (non-hydrogen) atoms. The van der Waals surface area contributed by atoms with Crippen molar-refractivity contribution in [3.05, 3.63) is 35.4 Å². The van der Waals surface area contributed by atoms with E-state index < -0.39 is 11.6 Å². The van der Waals surface area contributed by atoms with E-state index in [1.807, 2.05) is 0 Å². The van der Waals surface area contributed by atoms with E-state index in [2.05, 4.69) is 17.6 Å². The summed E-state index contributed by atoms with van der Waals surface area (Å²) in [5.74, 6) is -1.52. The molecule has 1 aromatic carbocycles. The Labute approximate surface area is 111 Å². The highest BCUT2D eigenvalue weighted by Crippen LogP contribution is 2.12. The Hall–Kier alpha value is -1.49. The summed E-state index contributed by atoms with van der Waals surface area (Å²) in [5.41, 5.74) is 0.223. The molecule has 1 amide bonds. The Morgan fingerprint density at radius 1 is 1.47 bits per heavy atom. The predicted molar refractivity (Wildman–Crippen MR) is 68.7 cm³/mol. The van der Waals surface area contributed by atoms with Crippen molar-refractivity contribution in [3.63, 3.8) is 0 Å². The summed E-state index contributed by atoms with van der Waals surface area (Å²) in [6.07, 6.45) is 1.70. The number of rotatable bonds is 3. The van der Waals surface area contributed by atoms with Crippen molar-refractivity contribution in [3.8, 4) is 0 Å². The maximum atomic E-state index is 13.4. The average molecular weight is 268 g/mol. The van der Waals surface area contributed by atoms with Crippen LogP contribution in [0.5, 0.6) is 0 Å². The zero-order chi connectivity index (χ0) is 13.8. The fourth-order valence-corrected chi connectivity index (χ4v) is 2.38. The molecule has 104 valence electrons. The highest BCUT2D eigenvalue weighted by Gasteiger charge is 2.20. The molecule has 1 aromatic rings. The van der Waals surface area contributed by atoms with Crippen LogP contribution >= 0.6 is 0 Å². The summed E-state index contributed by atoms with van der Waals surface area (Å²) in [7, 11) is 0. The van der Waals surface area contributed by atoms with Crippen molar-refractivity contribution < 1.29 is 13.6 Å². The summed E-state index contributed by atoms with van der Waals surface area (Å²) in [6, 6.07) is 3.79. The van der Waals surface area contributed by atoms with Gasteiger partial charge in [0.2, 0.25) is 5.91 Å². The van der Waals surface area contributed by atoms with Crippen LogP contribution < -0.4 is 10.6 Å². The van der Waals surface area contributed by atoms with Crippen molar-refractivity contribution in [1.82, 2.24) is 10.6 Å². The Bertz CT molecular complexity index is 465. The van der Waals surface area contributed by atoms with Crippen LogP contribution in [0, 0.1) is 11.6 Å². The highest BCUT2D eigenvalue weighted by molar-refractivity contribution is 5.78. The van der Waals surface area contributed by atoms with Crippen LogP contribution in [0.4, 0.5) is 8.78 Å². The molecule has 0 aliphatic carbocycles. The van der Waals surface area contributed by atoms with Crippen LogP contribution in [-0.4, -0.2) is 24.5 Å². The standard InChI is InChI=1S/C14H18F2N2O/c1-9-6-12(4-5-17-9)18-14(19)7-10-2-3-11(15)8-13(10)16/h2-3,8-9,12,17H,4-7H2,1H3,(H,18,19). The Balaban J connectivity index is 1.90. The lowest BCUT2D eigenvalue weighted by molar-refractivity contribution is -0.121. The third kappa shape index (κ3) is 3.99. The lowest BCUT2D eigenvalue weighted by atomic mass is 10.0. The highest BCUT2D eigenvalue weighted by atomic mass is 19.1. The van der Waals surface area contributed by atoms with Crippen molar-refractivity contribution in [2.24, 2.45) is 0 Å². The van der Waals surface area contributed by atoms with Gasteiger partial charge in [0.15, 0.2) is 0 Å². The molecule has 0 aromatic heterocycles. The molecule has 3 nitrogen and oxygen atoms in total. The number of halogens is 2. The molecule has 2 unspecified atom stereocenters. The van der Waals surface area contributed by atoms with Crippen molar-refractivity contribution in [2.75, 3.05) is 6.54 Å². The molecule has 0 spiro atoms. The lowest BCUT2D eigenvalue weighted by Crippen LogP contribution is -2.47. The number of nitrogens with one attached hydrogen (secondary N) is 2. The number of benzene rings is 1. The van der Waals surface area contributed by atoms with Gasteiger partial charge in [0.25, 0.3) is 0 Å². The van der Waals surface area contributed by atoms with Crippen LogP contribution in [0.3, 0.4) is 0 Å². The van der Waals surface area contributed by atoms with Crippen molar-refractivity contribution in [1.29, 1.82) is 0 Å². The van der Waals surface area contributed by atoms with E-state index in [1.165, 1.54) is 6.07 Å². The Morgan fingerprint density at radius 3 is 2.95 bits per heavy atom. The minimum Gasteiger partial charge on any atom is -0.353 e. The summed E-state index contributed by atoms with van der Waals surface area (Å²) in [5, 5.41) is 6.20. The van der Waals surface area contributed by atoms with Gasteiger partial charge in [-0.15, -0.1) is 0 Å². The molecule has 2 atom stereocenters. The normalized spacial score (nSPS) is 23.1. The molecule has 1 saturated heterocycles. The minimum absolute atomic E-state index is 0.0512. The van der Waals surface area contributed by atoms with E-state index in [4.69, 9.17) is 0 Å². The SMILES string of the molecule is CC1CC(NC(=O)Cc2ccc(F)cc2F)CCN1. The van der Waals surface area contributed by atoms with E-state index in [0.29, 0.717) is 6.04 Å². The molecule has 1 aliphatic rings. The monoisotopic (exact) mass is 268 g/mol. The number of carbonyl (C=O) groups excluding carboxylic acids is 1. The quantitative estimate of drug-likeness (QED) is 0.877. The molecular weight excluding hydrogens is 250 g/mol. The van der Waals surface area contributed by atoms with Gasteiger partial charge in [-0.05, 0) is 37.9 Å². The zero-order valence-electron chi connectivity index (χ0n) is 10.9. The fourth-order valence-electron chi connectivity index (χ4n) is 2.38. The van der Waals surface area contributed by atoms with E-state index in [9.17, 15) is 13.6 Å². The third-order valence-electron chi connectivity index (χ3n) is 3.35. The fraction of sp³-hybridized carbons (Fsp3) is 0.500. The second-order valence-electron chi connectivity index (χ2n) is 5.06. The zero-order valence-corrected chi connectivity index (χ0v) is 10.9. The second-order valence-corrected chi connectivity index (χ2v) is 5.06. The number of carbonyl (C=O) groups is 1. The maximum absolute atomic E-state index is 13.4. The first-order chi connectivity index (χ1) is 9.04. The van der Waals surface area contributed by atoms with Gasteiger partial charge in [-0.1, -0.05) is 6.07 Å². The van der Waals surface area contributed by atoms with Gasteiger partial charge < -0.3 is 10.6 Å². The van der Waals surface area contributed by atoms with Crippen LogP contribution in [0.1, 0.15) is 25.3 Å². The summed E-state index contributed by atoms with van der Waals surface area (Å²) >= 11 is 0. The van der Waals surface area contributed by atoms with E-state index in [1.54, 1.807) is 0 Å². The van der Waals surface area contributed by atoms with E-state index >= 15 is 0 Å². The molecule has 0 saturated carbocycles. The first kappa shape index (κ1) is 13.9. The topological polar surface area (TPSA) is 41.1 Å². The van der Waals surface area contributed by atoms with Gasteiger partial charge in [0, 0.05) is 18.2 Å². The van der Waals surface area contributed by atoms with Crippen LogP contribution in [-0.2, 0) is 11.2 Å². The summed E-state index contributed by atoms with van der Waals surface area (Å²) in [6.45, 7) is 2.94. The Morgan fingerprint density at radius 2 is 2.26 bits per heavy atom. The first-order valence-electron chi connectivity index (χ1n) is 6.51. The minimum atomic E-state index is -0.672. The number of hydrogen-bond donors (Lipinski definition) is 2. The van der Waals surface area contributed by atoms with Gasteiger partial charge >= 0.3 is 0 Å². The molecule has 1 aliphatic heterocycles. The van der Waals surface area contributed by atoms with Gasteiger partial charge in [-0.2, -0.15) is 0 Å². The molecule has 2 rings (SSSR count). The van der Waals surface area contributed by atoms with Gasteiger partial charge in [-0.25, -0.2) is 8.78 Å². The molecule has 1 heterocycles. The van der Waals surface area contributed by atoms with Crippen molar-refractivity contribution >= 4 is 5.91 Å². The number of piperidine rings is 1. The molecule has 0 radical (unpaired) electrons. The van der Waals surface area contributed by atoms with Gasteiger partial charge in [0.1, 0.15) is 11.6 Å². The smallest absolute Gasteiger partial charge is 0.224 e. The summed E-state index contributed by atoms with van der Waals surface area (Å²) < 4.78 is 26.2. The lowest BCUT2D eigenvalue weighted by Gasteiger charge is -2.28. The average Bonchev–Trinajstić information content (AvgIpc) is 2.33. The van der Waals surface area contributed by atoms with Crippen molar-refractivity contribution in [2.45, 2.75) is 38.3 Å². The van der Waals surface area contributed by atoms with E-state index in [-0.39, 0.29) is 23.9 Å². The molecule has 2 N–H and O–H groups in total. The number of amides is 1. The van der Waals surface area contributed by atoms with Crippen LogP contribution in [0.25, 0.3) is 0 Å². The van der Waals surface area contributed by atoms with Crippen LogP contribution in [0.2, 0.25) is 0 Å². The summed E-state index contributed by atoms with van der Waals surface area (Å²) in [4.78, 5) is 11.8. The molecule has 5 heteroatoms. The Kier molecular flexibility index (Phi) is 4.47. The van der Waals surface area contributed by atoms with E-state index in [0.717, 1.165) is 31.5 Å². The van der Waals surface area contributed by atoms with Gasteiger partial charge in [-0.3, -0.25) is 4.79 Å². The molecule has 0 bridgehead atoms. The van der Waals surface area contributed by atoms with Gasteiger partial charge in [0.05, 0.1) is 6.42 Å². The molecule has 1 fully saturated rings. The maximum Gasteiger partial charge on any atom is 0.224 e. The first-order valence-corrected chi connectivity index (χ1v) is 6.51. The third-order valence-corrected chi connectivity index (χ3v) is 3.35. The van der Waals surface area contributed by atoms with Crippen LogP contribution in [0.15, 0.2) is 18.2 Å². The largest absolute Gasteiger partial charge is 0.353 e. The molecular formula is C14H18F2N2O. The predicted octanol–water partition coefficient (Wildman–Crippen LogP) is 1.76.